The van der Waals surface area contributed by atoms with Crippen molar-refractivity contribution in [3.8, 4) is 0 Å². The number of carbonyl (C=O) groups is 1. The molecule has 0 aromatic heterocycles. The molecule has 0 aromatic carbocycles. The Morgan fingerprint density at radius 3 is 2.27 bits per heavy atom. The highest BCUT2D eigenvalue weighted by Crippen LogP contribution is 2.12. The van der Waals surface area contributed by atoms with Crippen LogP contribution in [0.1, 0.15) is 33.1 Å². The van der Waals surface area contributed by atoms with E-state index in [1.54, 1.807) is 0 Å². The zero-order valence-corrected chi connectivity index (χ0v) is 10.3. The second-order valence-electron chi connectivity index (χ2n) is 4.26. The molecule has 0 bridgehead atoms. The quantitative estimate of drug-likeness (QED) is 0.655. The van der Waals surface area contributed by atoms with Gasteiger partial charge in [-0.1, -0.05) is 13.8 Å². The third-order valence-corrected chi connectivity index (χ3v) is 2.72. The van der Waals surface area contributed by atoms with Gasteiger partial charge < -0.3 is 15.3 Å². The van der Waals surface area contributed by atoms with Gasteiger partial charge in [0.15, 0.2) is 0 Å². The van der Waals surface area contributed by atoms with Crippen LogP contribution >= 0.6 is 0 Å². The largest absolute Gasteiger partial charge is 0.388 e. The Balaban J connectivity index is 3.79. The van der Waals surface area contributed by atoms with Gasteiger partial charge >= 0.3 is 0 Å². The van der Waals surface area contributed by atoms with E-state index in [0.717, 1.165) is 6.54 Å². The van der Waals surface area contributed by atoms with Crippen LogP contribution in [0.3, 0.4) is 0 Å². The van der Waals surface area contributed by atoms with Gasteiger partial charge in [0.05, 0.1) is 5.60 Å². The summed E-state index contributed by atoms with van der Waals surface area (Å²) in [5.41, 5.74) is -0.742. The Bertz CT molecular complexity index is 189. The standard InChI is InChI=1S/C11H24N2O2/c1-5-11(15,6-2)9-12-10(14)7-8-13(3)4/h15H,5-9H2,1-4H3,(H,12,14). The van der Waals surface area contributed by atoms with Crippen molar-refractivity contribution < 1.29 is 9.90 Å². The van der Waals surface area contributed by atoms with Gasteiger partial charge in [0.2, 0.25) is 5.91 Å². The molecule has 0 spiro atoms. The highest BCUT2D eigenvalue weighted by Gasteiger charge is 2.22. The lowest BCUT2D eigenvalue weighted by atomic mass is 9.97. The Hall–Kier alpha value is -0.610. The number of hydrogen-bond donors (Lipinski definition) is 2. The van der Waals surface area contributed by atoms with Crippen LogP contribution in [-0.2, 0) is 4.79 Å². The van der Waals surface area contributed by atoms with Gasteiger partial charge in [-0.15, -0.1) is 0 Å². The zero-order chi connectivity index (χ0) is 11.9. The van der Waals surface area contributed by atoms with Crippen LogP contribution in [0, 0.1) is 0 Å². The predicted octanol–water partition coefficient (Wildman–Crippen LogP) is 0.605. The van der Waals surface area contributed by atoms with E-state index in [4.69, 9.17) is 0 Å². The van der Waals surface area contributed by atoms with E-state index in [0.29, 0.717) is 25.8 Å². The molecule has 4 heteroatoms. The molecule has 0 saturated heterocycles. The minimum Gasteiger partial charge on any atom is -0.388 e. The smallest absolute Gasteiger partial charge is 0.221 e. The van der Waals surface area contributed by atoms with Crippen molar-refractivity contribution in [2.45, 2.75) is 38.7 Å². The molecule has 0 aromatic rings. The van der Waals surface area contributed by atoms with Crippen molar-refractivity contribution in [3.05, 3.63) is 0 Å². The average Bonchev–Trinajstić information content (AvgIpc) is 2.23. The lowest BCUT2D eigenvalue weighted by Gasteiger charge is -2.25. The molecule has 0 saturated carbocycles. The fourth-order valence-corrected chi connectivity index (χ4v) is 1.18. The van der Waals surface area contributed by atoms with Crippen LogP contribution < -0.4 is 5.32 Å². The van der Waals surface area contributed by atoms with Gasteiger partial charge in [-0.25, -0.2) is 0 Å². The van der Waals surface area contributed by atoms with E-state index in [1.807, 2.05) is 32.8 Å². The first-order chi connectivity index (χ1) is 6.93. The highest BCUT2D eigenvalue weighted by atomic mass is 16.3. The second kappa shape index (κ2) is 6.80. The van der Waals surface area contributed by atoms with E-state index in [9.17, 15) is 9.90 Å². The molecule has 0 atom stereocenters. The van der Waals surface area contributed by atoms with E-state index >= 15 is 0 Å². The number of carbonyl (C=O) groups excluding carboxylic acids is 1. The van der Waals surface area contributed by atoms with E-state index in [-0.39, 0.29) is 5.91 Å². The van der Waals surface area contributed by atoms with Crippen molar-refractivity contribution in [2.75, 3.05) is 27.2 Å². The van der Waals surface area contributed by atoms with Crippen molar-refractivity contribution >= 4 is 5.91 Å². The van der Waals surface area contributed by atoms with E-state index in [1.165, 1.54) is 0 Å². The molecule has 0 aliphatic rings. The van der Waals surface area contributed by atoms with Crippen molar-refractivity contribution in [2.24, 2.45) is 0 Å². The first-order valence-electron chi connectivity index (χ1n) is 5.57. The molecular formula is C11H24N2O2. The van der Waals surface area contributed by atoms with Gasteiger partial charge in [0, 0.05) is 19.5 Å². The molecule has 1 amide bonds. The Morgan fingerprint density at radius 1 is 1.33 bits per heavy atom. The number of nitrogens with zero attached hydrogens (tertiary/aromatic N) is 1. The van der Waals surface area contributed by atoms with Crippen molar-refractivity contribution in [3.63, 3.8) is 0 Å². The highest BCUT2D eigenvalue weighted by molar-refractivity contribution is 5.76. The molecule has 0 unspecified atom stereocenters. The zero-order valence-electron chi connectivity index (χ0n) is 10.3. The number of hydrogen-bond acceptors (Lipinski definition) is 3. The molecule has 0 fully saturated rings. The minimum atomic E-state index is -0.742. The minimum absolute atomic E-state index is 0.00373. The molecule has 4 nitrogen and oxygen atoms in total. The normalized spacial score (nSPS) is 11.9. The maximum atomic E-state index is 11.4. The van der Waals surface area contributed by atoms with Crippen LogP contribution in [-0.4, -0.2) is 48.7 Å². The van der Waals surface area contributed by atoms with Gasteiger partial charge in [-0.3, -0.25) is 4.79 Å². The number of aliphatic hydroxyl groups is 1. The summed E-state index contributed by atoms with van der Waals surface area (Å²) >= 11 is 0. The Morgan fingerprint density at radius 2 is 1.87 bits per heavy atom. The molecular weight excluding hydrogens is 192 g/mol. The molecule has 0 rings (SSSR count). The van der Waals surface area contributed by atoms with Crippen LogP contribution in [0.15, 0.2) is 0 Å². The maximum Gasteiger partial charge on any atom is 0.221 e. The van der Waals surface area contributed by atoms with Crippen molar-refractivity contribution in [1.82, 2.24) is 10.2 Å². The predicted molar refractivity (Wildman–Crippen MR) is 61.7 cm³/mol. The van der Waals surface area contributed by atoms with Gasteiger partial charge in [-0.05, 0) is 26.9 Å². The lowest BCUT2D eigenvalue weighted by Crippen LogP contribution is -2.42. The fraction of sp³-hybridized carbons (Fsp3) is 0.909. The molecule has 2 N–H and O–H groups in total. The summed E-state index contributed by atoms with van der Waals surface area (Å²) in [4.78, 5) is 13.3. The average molecular weight is 216 g/mol. The molecule has 90 valence electrons. The number of rotatable bonds is 7. The summed E-state index contributed by atoms with van der Waals surface area (Å²) in [6.45, 7) is 4.94. The summed E-state index contributed by atoms with van der Waals surface area (Å²) in [6.07, 6.45) is 1.81. The third kappa shape index (κ3) is 6.47. The fourth-order valence-electron chi connectivity index (χ4n) is 1.18. The Labute approximate surface area is 92.7 Å². The van der Waals surface area contributed by atoms with Crippen LogP contribution in [0.2, 0.25) is 0 Å². The summed E-state index contributed by atoms with van der Waals surface area (Å²) in [7, 11) is 3.86. The van der Waals surface area contributed by atoms with Crippen LogP contribution in [0.4, 0.5) is 0 Å². The van der Waals surface area contributed by atoms with E-state index < -0.39 is 5.60 Å². The van der Waals surface area contributed by atoms with Crippen molar-refractivity contribution in [1.29, 1.82) is 0 Å². The SMILES string of the molecule is CCC(O)(CC)CNC(=O)CCN(C)C. The monoisotopic (exact) mass is 216 g/mol. The first-order valence-corrected chi connectivity index (χ1v) is 5.57. The molecule has 0 heterocycles. The molecule has 15 heavy (non-hydrogen) atoms. The number of nitrogens with one attached hydrogen (secondary N) is 1. The van der Waals surface area contributed by atoms with Gasteiger partial charge in [-0.2, -0.15) is 0 Å². The maximum absolute atomic E-state index is 11.4. The topological polar surface area (TPSA) is 52.6 Å². The molecule has 0 aliphatic carbocycles. The summed E-state index contributed by atoms with van der Waals surface area (Å²) in [5.74, 6) is 0.00373. The van der Waals surface area contributed by atoms with Crippen LogP contribution in [0.25, 0.3) is 0 Å². The van der Waals surface area contributed by atoms with Gasteiger partial charge in [0.1, 0.15) is 0 Å². The summed E-state index contributed by atoms with van der Waals surface area (Å²) in [6, 6.07) is 0. The third-order valence-electron chi connectivity index (χ3n) is 2.72. The number of amides is 1. The second-order valence-corrected chi connectivity index (χ2v) is 4.26. The summed E-state index contributed by atoms with van der Waals surface area (Å²) < 4.78 is 0. The van der Waals surface area contributed by atoms with Crippen LogP contribution in [0.5, 0.6) is 0 Å². The van der Waals surface area contributed by atoms with E-state index in [2.05, 4.69) is 5.32 Å². The Kier molecular flexibility index (Phi) is 6.52. The lowest BCUT2D eigenvalue weighted by molar-refractivity contribution is -0.122. The van der Waals surface area contributed by atoms with Gasteiger partial charge in [0.25, 0.3) is 0 Å². The molecule has 0 aliphatic heterocycles. The summed E-state index contributed by atoms with van der Waals surface area (Å²) in [5, 5.41) is 12.7. The molecule has 0 radical (unpaired) electrons. The first kappa shape index (κ1) is 14.4.